The van der Waals surface area contributed by atoms with Crippen molar-refractivity contribution in [3.63, 3.8) is 0 Å². The van der Waals surface area contributed by atoms with Crippen LogP contribution in [0.1, 0.15) is 27.6 Å². The summed E-state index contributed by atoms with van der Waals surface area (Å²) in [6.07, 6.45) is 1.47. The summed E-state index contributed by atoms with van der Waals surface area (Å²) in [4.78, 5) is 27.5. The molecule has 0 aliphatic rings. The van der Waals surface area contributed by atoms with Gasteiger partial charge in [-0.25, -0.2) is 4.98 Å². The first-order valence-corrected chi connectivity index (χ1v) is 6.40. The molecule has 19 heavy (non-hydrogen) atoms. The van der Waals surface area contributed by atoms with Gasteiger partial charge in [0.05, 0.1) is 11.3 Å². The predicted molar refractivity (Wildman–Crippen MR) is 76.3 cm³/mol. The van der Waals surface area contributed by atoms with Crippen molar-refractivity contribution in [1.82, 2.24) is 4.98 Å². The van der Waals surface area contributed by atoms with E-state index in [1.807, 2.05) is 0 Å². The first-order chi connectivity index (χ1) is 9.08. The van der Waals surface area contributed by atoms with E-state index in [1.165, 1.54) is 13.1 Å². The molecule has 96 valence electrons. The van der Waals surface area contributed by atoms with Gasteiger partial charge >= 0.3 is 0 Å². The van der Waals surface area contributed by atoms with Crippen molar-refractivity contribution in [2.75, 3.05) is 5.32 Å². The molecular formula is C14H11BrN2O2. The highest BCUT2D eigenvalue weighted by molar-refractivity contribution is 9.10. The number of pyridine rings is 1. The molecule has 5 heteroatoms. The topological polar surface area (TPSA) is 59.1 Å². The number of hydrogen-bond donors (Lipinski definition) is 1. The molecule has 4 nitrogen and oxygen atoms in total. The Kier molecular flexibility index (Phi) is 4.06. The normalized spacial score (nSPS) is 10.0. The molecule has 1 N–H and O–H groups in total. The number of rotatable bonds is 3. The Morgan fingerprint density at radius 1 is 1.16 bits per heavy atom. The highest BCUT2D eigenvalue weighted by Crippen LogP contribution is 2.17. The number of nitrogens with one attached hydrogen (secondary N) is 1. The Bertz CT molecular complexity index is 624. The molecule has 1 amide bonds. The van der Waals surface area contributed by atoms with Crippen LogP contribution in [0.5, 0.6) is 0 Å². The van der Waals surface area contributed by atoms with Gasteiger partial charge in [-0.3, -0.25) is 9.59 Å². The van der Waals surface area contributed by atoms with Crippen molar-refractivity contribution in [2.24, 2.45) is 0 Å². The summed E-state index contributed by atoms with van der Waals surface area (Å²) in [6, 6.07) is 10.2. The third-order valence-electron chi connectivity index (χ3n) is 2.54. The van der Waals surface area contributed by atoms with Crippen LogP contribution in [-0.4, -0.2) is 16.7 Å². The van der Waals surface area contributed by atoms with Gasteiger partial charge in [-0.1, -0.05) is 12.1 Å². The number of para-hydroxylation sites is 1. The van der Waals surface area contributed by atoms with Gasteiger partial charge in [-0.2, -0.15) is 0 Å². The minimum Gasteiger partial charge on any atom is -0.321 e. The molecular weight excluding hydrogens is 308 g/mol. The summed E-state index contributed by atoms with van der Waals surface area (Å²) >= 11 is 3.20. The van der Waals surface area contributed by atoms with E-state index >= 15 is 0 Å². The molecule has 0 spiro atoms. The fraction of sp³-hybridized carbons (Fsp3) is 0.0714. The number of carbonyl (C=O) groups is 2. The number of aromatic nitrogens is 1. The monoisotopic (exact) mass is 318 g/mol. The van der Waals surface area contributed by atoms with Gasteiger partial charge < -0.3 is 5.32 Å². The molecule has 2 rings (SSSR count). The highest BCUT2D eigenvalue weighted by Gasteiger charge is 2.11. The first-order valence-electron chi connectivity index (χ1n) is 5.61. The third-order valence-corrected chi connectivity index (χ3v) is 3.01. The lowest BCUT2D eigenvalue weighted by atomic mass is 10.1. The minimum atomic E-state index is -0.297. The Labute approximate surface area is 119 Å². The number of anilines is 1. The molecule has 1 heterocycles. The number of halogens is 1. The second kappa shape index (κ2) is 5.75. The van der Waals surface area contributed by atoms with Crippen LogP contribution in [0.3, 0.4) is 0 Å². The standard InChI is InChI=1S/C14H11BrN2O2/c1-9(18)11-4-2-3-5-12(11)17-14(19)10-6-7-13(15)16-8-10/h2-8H,1H3,(H,17,19). The highest BCUT2D eigenvalue weighted by atomic mass is 79.9. The zero-order valence-electron chi connectivity index (χ0n) is 10.2. The summed E-state index contributed by atoms with van der Waals surface area (Å²) in [5, 5.41) is 2.71. The SMILES string of the molecule is CC(=O)c1ccccc1NC(=O)c1ccc(Br)nc1. The van der Waals surface area contributed by atoms with E-state index in [4.69, 9.17) is 0 Å². The molecule has 0 aliphatic carbocycles. The van der Waals surface area contributed by atoms with Crippen LogP contribution < -0.4 is 5.32 Å². The van der Waals surface area contributed by atoms with Crippen molar-refractivity contribution < 1.29 is 9.59 Å². The average molecular weight is 319 g/mol. The molecule has 1 aromatic carbocycles. The largest absolute Gasteiger partial charge is 0.321 e. The summed E-state index contributed by atoms with van der Waals surface area (Å²) in [5.74, 6) is -0.390. The number of nitrogens with zero attached hydrogens (tertiary/aromatic N) is 1. The fourth-order valence-electron chi connectivity index (χ4n) is 1.60. The van der Waals surface area contributed by atoms with Gasteiger partial charge in [0.2, 0.25) is 0 Å². The summed E-state index contributed by atoms with van der Waals surface area (Å²) in [5.41, 5.74) is 1.42. The number of amides is 1. The van der Waals surface area contributed by atoms with E-state index in [2.05, 4.69) is 26.2 Å². The van der Waals surface area contributed by atoms with E-state index in [1.54, 1.807) is 36.4 Å². The van der Waals surface area contributed by atoms with Gasteiger partial charge in [0.25, 0.3) is 5.91 Å². The maximum absolute atomic E-state index is 12.0. The van der Waals surface area contributed by atoms with Crippen molar-refractivity contribution in [1.29, 1.82) is 0 Å². The smallest absolute Gasteiger partial charge is 0.257 e. The van der Waals surface area contributed by atoms with Crippen LogP contribution in [0.2, 0.25) is 0 Å². The van der Waals surface area contributed by atoms with E-state index in [9.17, 15) is 9.59 Å². The fourth-order valence-corrected chi connectivity index (χ4v) is 1.84. The Morgan fingerprint density at radius 3 is 2.53 bits per heavy atom. The van der Waals surface area contributed by atoms with Crippen LogP contribution in [0, 0.1) is 0 Å². The summed E-state index contributed by atoms with van der Waals surface area (Å²) < 4.78 is 0.660. The van der Waals surface area contributed by atoms with Gasteiger partial charge in [-0.15, -0.1) is 0 Å². The Morgan fingerprint density at radius 2 is 1.89 bits per heavy atom. The number of Topliss-reactive ketones (excluding diaryl/α,β-unsaturated/α-hetero) is 1. The van der Waals surface area contributed by atoms with Crippen LogP contribution in [-0.2, 0) is 0 Å². The molecule has 0 saturated carbocycles. The molecule has 0 bridgehead atoms. The van der Waals surface area contributed by atoms with Crippen molar-refractivity contribution in [2.45, 2.75) is 6.92 Å². The lowest BCUT2D eigenvalue weighted by molar-refractivity contribution is 0.101. The molecule has 0 aliphatic heterocycles. The van der Waals surface area contributed by atoms with Gasteiger partial charge in [0.1, 0.15) is 4.60 Å². The van der Waals surface area contributed by atoms with Crippen molar-refractivity contribution >= 4 is 33.3 Å². The summed E-state index contributed by atoms with van der Waals surface area (Å²) in [6.45, 7) is 1.46. The Hall–Kier alpha value is -2.01. The Balaban J connectivity index is 2.24. The molecule has 2 aromatic rings. The quantitative estimate of drug-likeness (QED) is 0.697. The molecule has 0 fully saturated rings. The molecule has 1 aromatic heterocycles. The van der Waals surface area contributed by atoms with E-state index in [0.29, 0.717) is 21.4 Å². The third kappa shape index (κ3) is 3.26. The molecule has 0 saturated heterocycles. The van der Waals surface area contributed by atoms with Crippen LogP contribution in [0.4, 0.5) is 5.69 Å². The zero-order valence-corrected chi connectivity index (χ0v) is 11.8. The lowest BCUT2D eigenvalue weighted by Gasteiger charge is -2.08. The van der Waals surface area contributed by atoms with Crippen LogP contribution in [0.25, 0.3) is 0 Å². The van der Waals surface area contributed by atoms with Crippen LogP contribution >= 0.6 is 15.9 Å². The van der Waals surface area contributed by atoms with E-state index < -0.39 is 0 Å². The number of hydrogen-bond acceptors (Lipinski definition) is 3. The van der Waals surface area contributed by atoms with Crippen LogP contribution in [0.15, 0.2) is 47.2 Å². The van der Waals surface area contributed by atoms with Gasteiger partial charge in [-0.05, 0) is 47.1 Å². The second-order valence-electron chi connectivity index (χ2n) is 3.93. The van der Waals surface area contributed by atoms with Crippen molar-refractivity contribution in [3.05, 3.63) is 58.3 Å². The summed E-state index contributed by atoms with van der Waals surface area (Å²) in [7, 11) is 0. The average Bonchev–Trinajstić information content (AvgIpc) is 2.39. The number of ketones is 1. The zero-order chi connectivity index (χ0) is 13.8. The number of benzene rings is 1. The van der Waals surface area contributed by atoms with E-state index in [-0.39, 0.29) is 11.7 Å². The second-order valence-corrected chi connectivity index (χ2v) is 4.74. The number of carbonyl (C=O) groups excluding carboxylic acids is 2. The lowest BCUT2D eigenvalue weighted by Crippen LogP contribution is -2.14. The predicted octanol–water partition coefficient (Wildman–Crippen LogP) is 3.30. The molecule has 0 unspecified atom stereocenters. The van der Waals surface area contributed by atoms with Gasteiger partial charge in [0.15, 0.2) is 5.78 Å². The van der Waals surface area contributed by atoms with Crippen molar-refractivity contribution in [3.8, 4) is 0 Å². The first kappa shape index (κ1) is 13.4. The van der Waals surface area contributed by atoms with E-state index in [0.717, 1.165) is 0 Å². The molecule has 0 radical (unpaired) electrons. The maximum Gasteiger partial charge on any atom is 0.257 e. The minimum absolute atomic E-state index is 0.0927. The molecule has 0 atom stereocenters. The van der Waals surface area contributed by atoms with Gasteiger partial charge in [0, 0.05) is 11.8 Å². The maximum atomic E-state index is 12.0.